The second-order valence-electron chi connectivity index (χ2n) is 5.79. The molecule has 6 heteroatoms. The quantitative estimate of drug-likeness (QED) is 0.739. The molecular formula is C13H23N3O3. The van der Waals surface area contributed by atoms with Gasteiger partial charge in [0.05, 0.1) is 5.54 Å². The Morgan fingerprint density at radius 3 is 2.42 bits per heavy atom. The second-order valence-corrected chi connectivity index (χ2v) is 5.79. The molecule has 0 aromatic rings. The number of amides is 1. The number of nitrogens with zero attached hydrogens (tertiary/aromatic N) is 2. The summed E-state index contributed by atoms with van der Waals surface area (Å²) in [7, 11) is 0. The first-order chi connectivity index (χ1) is 8.94. The van der Waals surface area contributed by atoms with E-state index in [4.69, 9.17) is 0 Å². The Labute approximate surface area is 113 Å². The third kappa shape index (κ3) is 2.74. The molecule has 0 unspecified atom stereocenters. The van der Waals surface area contributed by atoms with E-state index < -0.39 is 17.6 Å². The number of carbonyl (C=O) groups is 2. The molecule has 6 nitrogen and oxygen atoms in total. The molecule has 2 saturated heterocycles. The number of rotatable bonds is 3. The predicted molar refractivity (Wildman–Crippen MR) is 70.9 cm³/mol. The Morgan fingerprint density at radius 2 is 1.84 bits per heavy atom. The van der Waals surface area contributed by atoms with Crippen molar-refractivity contribution in [2.75, 3.05) is 32.7 Å². The summed E-state index contributed by atoms with van der Waals surface area (Å²) in [6.45, 7) is 7.76. The summed E-state index contributed by atoms with van der Waals surface area (Å²) in [4.78, 5) is 27.6. The Hall–Kier alpha value is -1.14. The topological polar surface area (TPSA) is 72.9 Å². The normalized spacial score (nSPS) is 25.6. The van der Waals surface area contributed by atoms with E-state index in [-0.39, 0.29) is 5.91 Å². The van der Waals surface area contributed by atoms with Crippen molar-refractivity contribution in [2.24, 2.45) is 0 Å². The summed E-state index contributed by atoms with van der Waals surface area (Å²) in [5.41, 5.74) is -0.625. The summed E-state index contributed by atoms with van der Waals surface area (Å²) in [5.74, 6) is -0.943. The zero-order valence-electron chi connectivity index (χ0n) is 11.7. The highest BCUT2D eigenvalue weighted by Crippen LogP contribution is 2.25. The molecule has 19 heavy (non-hydrogen) atoms. The highest BCUT2D eigenvalue weighted by molar-refractivity contribution is 5.90. The molecule has 2 aliphatic heterocycles. The first kappa shape index (κ1) is 14.3. The van der Waals surface area contributed by atoms with Crippen molar-refractivity contribution in [3.8, 4) is 0 Å². The lowest BCUT2D eigenvalue weighted by Gasteiger charge is -2.42. The smallest absolute Gasteiger partial charge is 0.326 e. The fraction of sp³-hybridized carbons (Fsp3) is 0.846. The van der Waals surface area contributed by atoms with Gasteiger partial charge in [0.25, 0.3) is 0 Å². The number of carboxylic acids is 1. The van der Waals surface area contributed by atoms with Crippen LogP contribution in [0.1, 0.15) is 26.7 Å². The van der Waals surface area contributed by atoms with Crippen LogP contribution in [-0.2, 0) is 9.59 Å². The van der Waals surface area contributed by atoms with Gasteiger partial charge in [0.15, 0.2) is 0 Å². The molecule has 2 fully saturated rings. The van der Waals surface area contributed by atoms with Crippen molar-refractivity contribution in [3.63, 3.8) is 0 Å². The maximum absolute atomic E-state index is 12.7. The molecule has 1 amide bonds. The largest absolute Gasteiger partial charge is 0.480 e. The highest BCUT2D eigenvalue weighted by atomic mass is 16.4. The van der Waals surface area contributed by atoms with Gasteiger partial charge < -0.3 is 15.3 Å². The molecule has 0 bridgehead atoms. The summed E-state index contributed by atoms with van der Waals surface area (Å²) in [6, 6.07) is -0.644. The monoisotopic (exact) mass is 269 g/mol. The van der Waals surface area contributed by atoms with Gasteiger partial charge in [-0.1, -0.05) is 0 Å². The third-order valence-corrected chi connectivity index (χ3v) is 4.23. The van der Waals surface area contributed by atoms with Gasteiger partial charge in [-0.05, 0) is 26.7 Å². The Balaban J connectivity index is 2.10. The Bertz CT molecular complexity index is 364. The highest BCUT2D eigenvalue weighted by Gasteiger charge is 2.43. The first-order valence-corrected chi connectivity index (χ1v) is 6.94. The van der Waals surface area contributed by atoms with Crippen molar-refractivity contribution in [3.05, 3.63) is 0 Å². The Morgan fingerprint density at radius 1 is 1.21 bits per heavy atom. The van der Waals surface area contributed by atoms with Crippen LogP contribution in [0.5, 0.6) is 0 Å². The number of aliphatic carboxylic acids is 1. The van der Waals surface area contributed by atoms with Crippen LogP contribution in [0.3, 0.4) is 0 Å². The minimum Gasteiger partial charge on any atom is -0.480 e. The first-order valence-electron chi connectivity index (χ1n) is 6.94. The molecule has 2 aliphatic rings. The van der Waals surface area contributed by atoms with E-state index in [2.05, 4.69) is 10.2 Å². The molecule has 2 N–H and O–H groups in total. The maximum Gasteiger partial charge on any atom is 0.326 e. The van der Waals surface area contributed by atoms with Gasteiger partial charge >= 0.3 is 5.97 Å². The maximum atomic E-state index is 12.7. The van der Waals surface area contributed by atoms with Crippen LogP contribution < -0.4 is 5.32 Å². The molecule has 1 atom stereocenters. The van der Waals surface area contributed by atoms with Crippen molar-refractivity contribution in [1.29, 1.82) is 0 Å². The van der Waals surface area contributed by atoms with Crippen LogP contribution in [0.4, 0.5) is 0 Å². The van der Waals surface area contributed by atoms with Crippen LogP contribution >= 0.6 is 0 Å². The van der Waals surface area contributed by atoms with Gasteiger partial charge in [0.1, 0.15) is 6.04 Å². The lowest BCUT2D eigenvalue weighted by atomic mass is 9.99. The van der Waals surface area contributed by atoms with Gasteiger partial charge in [0, 0.05) is 32.7 Å². The molecule has 0 aromatic heterocycles. The van der Waals surface area contributed by atoms with E-state index in [0.29, 0.717) is 13.0 Å². The third-order valence-electron chi connectivity index (χ3n) is 4.23. The van der Waals surface area contributed by atoms with Crippen LogP contribution in [0.2, 0.25) is 0 Å². The van der Waals surface area contributed by atoms with E-state index in [0.717, 1.165) is 32.6 Å². The average molecular weight is 269 g/mol. The molecule has 0 spiro atoms. The number of hydrogen-bond acceptors (Lipinski definition) is 4. The summed E-state index contributed by atoms with van der Waals surface area (Å²) >= 11 is 0. The zero-order valence-corrected chi connectivity index (χ0v) is 11.7. The number of carboxylic acid groups (broad SMARTS) is 1. The SMILES string of the molecule is CC(C)(C(=O)N1CCC[C@@H]1C(=O)O)N1CCNCC1. The average Bonchev–Trinajstić information content (AvgIpc) is 2.88. The van der Waals surface area contributed by atoms with E-state index in [1.54, 1.807) is 4.90 Å². The van der Waals surface area contributed by atoms with Crippen molar-refractivity contribution < 1.29 is 14.7 Å². The van der Waals surface area contributed by atoms with Gasteiger partial charge in [-0.2, -0.15) is 0 Å². The molecule has 0 aromatic carbocycles. The molecule has 2 heterocycles. The molecule has 0 radical (unpaired) electrons. The van der Waals surface area contributed by atoms with Crippen molar-refractivity contribution >= 4 is 11.9 Å². The van der Waals surface area contributed by atoms with Crippen LogP contribution in [0, 0.1) is 0 Å². The van der Waals surface area contributed by atoms with E-state index in [1.165, 1.54) is 0 Å². The minimum atomic E-state index is -0.887. The van der Waals surface area contributed by atoms with Gasteiger partial charge in [-0.25, -0.2) is 4.79 Å². The van der Waals surface area contributed by atoms with E-state index >= 15 is 0 Å². The van der Waals surface area contributed by atoms with E-state index in [9.17, 15) is 14.7 Å². The number of nitrogens with one attached hydrogen (secondary N) is 1. The summed E-state index contributed by atoms with van der Waals surface area (Å²) in [6.07, 6.45) is 1.35. The fourth-order valence-corrected chi connectivity index (χ4v) is 2.98. The van der Waals surface area contributed by atoms with Gasteiger partial charge in [-0.3, -0.25) is 9.69 Å². The second kappa shape index (κ2) is 5.46. The van der Waals surface area contributed by atoms with Gasteiger partial charge in [0.2, 0.25) is 5.91 Å². The molecule has 108 valence electrons. The molecule has 0 aliphatic carbocycles. The number of hydrogen-bond donors (Lipinski definition) is 2. The predicted octanol–water partition coefficient (Wildman–Crippen LogP) is -0.254. The lowest BCUT2D eigenvalue weighted by molar-refractivity contribution is -0.153. The Kier molecular flexibility index (Phi) is 4.10. The van der Waals surface area contributed by atoms with Crippen molar-refractivity contribution in [1.82, 2.24) is 15.1 Å². The van der Waals surface area contributed by atoms with Crippen molar-refractivity contribution in [2.45, 2.75) is 38.3 Å². The molecular weight excluding hydrogens is 246 g/mol. The summed E-state index contributed by atoms with van der Waals surface area (Å²) in [5, 5.41) is 12.5. The zero-order chi connectivity index (χ0) is 14.0. The lowest BCUT2D eigenvalue weighted by Crippen LogP contribution is -2.61. The van der Waals surface area contributed by atoms with Gasteiger partial charge in [-0.15, -0.1) is 0 Å². The molecule has 0 saturated carbocycles. The number of likely N-dealkylation sites (tertiary alicyclic amines) is 1. The summed E-state index contributed by atoms with van der Waals surface area (Å²) < 4.78 is 0. The molecule has 2 rings (SSSR count). The fourth-order valence-electron chi connectivity index (χ4n) is 2.98. The minimum absolute atomic E-state index is 0.0562. The van der Waals surface area contributed by atoms with Crippen LogP contribution in [0.15, 0.2) is 0 Å². The number of carbonyl (C=O) groups excluding carboxylic acids is 1. The van der Waals surface area contributed by atoms with Crippen LogP contribution in [-0.4, -0.2) is 71.1 Å². The standard InChI is InChI=1S/C13H23N3O3/c1-13(2,15-8-5-14-6-9-15)12(19)16-7-3-4-10(16)11(17)18/h10,14H,3-9H2,1-2H3,(H,17,18)/t10-/m1/s1. The number of piperazine rings is 1. The van der Waals surface area contributed by atoms with E-state index in [1.807, 2.05) is 13.8 Å². The van der Waals surface area contributed by atoms with Crippen LogP contribution in [0.25, 0.3) is 0 Å².